The van der Waals surface area contributed by atoms with E-state index in [0.717, 1.165) is 26.1 Å². The van der Waals surface area contributed by atoms with E-state index in [1.807, 2.05) is 13.8 Å². The normalized spacial score (nSPS) is 20.0. The van der Waals surface area contributed by atoms with E-state index >= 15 is 0 Å². The molecule has 0 atom stereocenters. The molecule has 0 amide bonds. The molecule has 0 aliphatic carbocycles. The van der Waals surface area contributed by atoms with Gasteiger partial charge in [0.1, 0.15) is 0 Å². The van der Waals surface area contributed by atoms with Crippen molar-refractivity contribution in [2.45, 2.75) is 46.6 Å². The van der Waals surface area contributed by atoms with Crippen molar-refractivity contribution in [3.8, 4) is 0 Å². The maximum atomic E-state index is 4.47. The van der Waals surface area contributed by atoms with Gasteiger partial charge in [-0.25, -0.2) is 0 Å². The predicted octanol–water partition coefficient (Wildman–Crippen LogP) is 4.24. The zero-order chi connectivity index (χ0) is 14.4. The van der Waals surface area contributed by atoms with Gasteiger partial charge in [0, 0.05) is 38.2 Å². The van der Waals surface area contributed by atoms with E-state index in [9.17, 15) is 0 Å². The summed E-state index contributed by atoms with van der Waals surface area (Å²) in [6, 6.07) is 9.05. The van der Waals surface area contributed by atoms with Crippen LogP contribution >= 0.6 is 0 Å². The van der Waals surface area contributed by atoms with Crippen molar-refractivity contribution < 1.29 is 18.6 Å². The number of nitrogens with zero attached hydrogens (tertiary/aromatic N) is 2. The first-order valence-corrected chi connectivity index (χ1v) is 8.23. The van der Waals surface area contributed by atoms with E-state index in [4.69, 9.17) is 0 Å². The van der Waals surface area contributed by atoms with Crippen molar-refractivity contribution >= 4 is 0 Å². The van der Waals surface area contributed by atoms with Gasteiger partial charge in [0.15, 0.2) is 0 Å². The average Bonchev–Trinajstić information content (AvgIpc) is 2.49. The Balaban J connectivity index is 0.000000706. The number of hydrogen-bond acceptors (Lipinski definition) is 1. The minimum absolute atomic E-state index is 0. The summed E-state index contributed by atoms with van der Waals surface area (Å²) in [5, 5.41) is 4.47. The van der Waals surface area contributed by atoms with E-state index in [0.29, 0.717) is 5.41 Å². The Morgan fingerprint density at radius 3 is 2.33 bits per heavy atom. The van der Waals surface area contributed by atoms with Gasteiger partial charge in [0.25, 0.3) is 0 Å². The van der Waals surface area contributed by atoms with Crippen LogP contribution < -0.4 is 0 Å². The molecule has 1 aromatic rings. The fourth-order valence-electron chi connectivity index (χ4n) is 3.41. The fourth-order valence-corrected chi connectivity index (χ4v) is 3.41. The second kappa shape index (κ2) is 9.00. The van der Waals surface area contributed by atoms with E-state index in [-0.39, 0.29) is 18.6 Å². The second-order valence-corrected chi connectivity index (χ2v) is 5.99. The third-order valence-electron chi connectivity index (χ3n) is 4.52. The smallest absolute Gasteiger partial charge is 0.0234 e. The van der Waals surface area contributed by atoms with Crippen LogP contribution in [0.2, 0.25) is 0 Å². The molecular weight excluding hydrogens is 295 g/mol. The summed E-state index contributed by atoms with van der Waals surface area (Å²) in [5.41, 5.74) is 3.56. The Labute approximate surface area is 142 Å². The van der Waals surface area contributed by atoms with Crippen molar-refractivity contribution in [1.29, 1.82) is 0 Å². The molecule has 21 heavy (non-hydrogen) atoms. The zero-order valence-corrected chi connectivity index (χ0v) is 15.2. The van der Waals surface area contributed by atoms with Crippen molar-refractivity contribution in [2.24, 2.45) is 5.41 Å². The van der Waals surface area contributed by atoms with Crippen molar-refractivity contribution in [3.63, 3.8) is 0 Å². The van der Waals surface area contributed by atoms with E-state index in [1.165, 1.54) is 37.1 Å². The molecule has 2 aliphatic rings. The van der Waals surface area contributed by atoms with Crippen LogP contribution in [0.25, 0.3) is 5.32 Å². The third-order valence-corrected chi connectivity index (χ3v) is 4.52. The average molecular weight is 324 g/mol. The largest absolute Gasteiger partial charge is 0.662 e. The standard InChI is InChI=1S/C16H23N2.C2H6.V/c1-2-14-4-3-5-15(10-14)11-18-12-16(13-18)6-8-17-9-7-16;1-2;/h3-5,10H,2,6-9,11-13H2,1H3;1-2H3;/q-1;;. The first-order valence-electron chi connectivity index (χ1n) is 8.23. The number of aryl methyl sites for hydroxylation is 1. The zero-order valence-electron chi connectivity index (χ0n) is 13.8. The van der Waals surface area contributed by atoms with Crippen LogP contribution in [0.5, 0.6) is 0 Å². The number of benzene rings is 1. The number of rotatable bonds is 3. The molecule has 0 aromatic heterocycles. The van der Waals surface area contributed by atoms with Crippen LogP contribution in [0.4, 0.5) is 0 Å². The van der Waals surface area contributed by atoms with Gasteiger partial charge in [0.2, 0.25) is 0 Å². The van der Waals surface area contributed by atoms with Gasteiger partial charge in [-0.15, -0.1) is 13.1 Å². The maximum Gasteiger partial charge on any atom is 0.0234 e. The Hall–Kier alpha value is -0.276. The molecule has 2 saturated heterocycles. The molecule has 117 valence electrons. The number of likely N-dealkylation sites (tertiary alicyclic amines) is 1. The monoisotopic (exact) mass is 324 g/mol. The van der Waals surface area contributed by atoms with Gasteiger partial charge in [-0.05, 0) is 23.0 Å². The first kappa shape index (κ1) is 18.8. The Morgan fingerprint density at radius 2 is 1.71 bits per heavy atom. The Kier molecular flexibility index (Phi) is 8.04. The molecule has 1 radical (unpaired) electrons. The summed E-state index contributed by atoms with van der Waals surface area (Å²) < 4.78 is 0. The molecule has 0 bridgehead atoms. The first-order chi connectivity index (χ1) is 9.80. The molecule has 2 heterocycles. The number of hydrogen-bond donors (Lipinski definition) is 0. The molecule has 1 aromatic carbocycles. The van der Waals surface area contributed by atoms with Crippen LogP contribution in [-0.2, 0) is 31.5 Å². The summed E-state index contributed by atoms with van der Waals surface area (Å²) in [4.78, 5) is 2.60. The van der Waals surface area contributed by atoms with Gasteiger partial charge in [0.05, 0.1) is 0 Å². The Morgan fingerprint density at radius 1 is 1.10 bits per heavy atom. The second-order valence-electron chi connectivity index (χ2n) is 5.99. The maximum absolute atomic E-state index is 4.47. The minimum atomic E-state index is 0. The van der Waals surface area contributed by atoms with E-state index in [1.54, 1.807) is 0 Å². The summed E-state index contributed by atoms with van der Waals surface area (Å²) in [5.74, 6) is 0. The molecule has 0 unspecified atom stereocenters. The van der Waals surface area contributed by atoms with Crippen LogP contribution in [0.1, 0.15) is 44.7 Å². The summed E-state index contributed by atoms with van der Waals surface area (Å²) >= 11 is 0. The quantitative estimate of drug-likeness (QED) is 0.813. The van der Waals surface area contributed by atoms with Gasteiger partial charge in [-0.2, -0.15) is 0 Å². The molecular formula is C18H29N2V-. The summed E-state index contributed by atoms with van der Waals surface area (Å²) in [6.07, 6.45) is 3.77. The number of piperidine rings is 1. The molecule has 2 nitrogen and oxygen atoms in total. The fraction of sp³-hybridized carbons (Fsp3) is 0.667. The predicted molar refractivity (Wildman–Crippen MR) is 87.2 cm³/mol. The van der Waals surface area contributed by atoms with Crippen LogP contribution in [0, 0.1) is 5.41 Å². The minimum Gasteiger partial charge on any atom is -0.662 e. The van der Waals surface area contributed by atoms with Gasteiger partial charge in [-0.1, -0.05) is 57.9 Å². The van der Waals surface area contributed by atoms with E-state index in [2.05, 4.69) is 41.4 Å². The Bertz CT molecular complexity index is 405. The van der Waals surface area contributed by atoms with Crippen LogP contribution in [0.3, 0.4) is 0 Å². The molecule has 1 spiro atoms. The summed E-state index contributed by atoms with van der Waals surface area (Å²) in [6.45, 7) is 12.1. The van der Waals surface area contributed by atoms with Gasteiger partial charge in [-0.3, -0.25) is 4.90 Å². The van der Waals surface area contributed by atoms with Crippen molar-refractivity contribution in [3.05, 3.63) is 40.7 Å². The van der Waals surface area contributed by atoms with Gasteiger partial charge >= 0.3 is 0 Å². The van der Waals surface area contributed by atoms with Crippen LogP contribution in [0.15, 0.2) is 24.3 Å². The molecule has 0 saturated carbocycles. The SMILES string of the molecule is CC.CCc1cccc(CN2CC3(CC[N-]CC3)C2)c1.[V]. The molecule has 3 heteroatoms. The summed E-state index contributed by atoms with van der Waals surface area (Å²) in [7, 11) is 0. The molecule has 3 rings (SSSR count). The van der Waals surface area contributed by atoms with Crippen LogP contribution in [-0.4, -0.2) is 31.1 Å². The molecule has 2 fully saturated rings. The third kappa shape index (κ3) is 4.86. The molecule has 0 N–H and O–H groups in total. The van der Waals surface area contributed by atoms with E-state index < -0.39 is 0 Å². The topological polar surface area (TPSA) is 17.3 Å². The van der Waals surface area contributed by atoms with Crippen molar-refractivity contribution in [1.82, 2.24) is 4.90 Å². The van der Waals surface area contributed by atoms with Crippen molar-refractivity contribution in [2.75, 3.05) is 26.2 Å². The molecule has 2 aliphatic heterocycles. The van der Waals surface area contributed by atoms with Gasteiger partial charge < -0.3 is 5.32 Å².